The number of nitrogens with zero attached hydrogens (tertiary/aromatic N) is 3. The lowest BCUT2D eigenvalue weighted by Gasteiger charge is -2.04. The van der Waals surface area contributed by atoms with Crippen molar-refractivity contribution in [1.82, 2.24) is 4.98 Å². The van der Waals surface area contributed by atoms with Gasteiger partial charge in [0, 0.05) is 10.9 Å². The van der Waals surface area contributed by atoms with Crippen molar-refractivity contribution in [3.05, 3.63) is 58.9 Å². The monoisotopic (exact) mass is 392 g/mol. The molecule has 0 spiro atoms. The van der Waals surface area contributed by atoms with Gasteiger partial charge < -0.3 is 9.47 Å². The number of anilines is 1. The van der Waals surface area contributed by atoms with Gasteiger partial charge in [-0.05, 0) is 62.4 Å². The van der Waals surface area contributed by atoms with E-state index in [9.17, 15) is 5.26 Å². The largest absolute Gasteiger partial charge is 0.494 e. The molecule has 0 radical (unpaired) electrons. The first-order valence-corrected chi connectivity index (χ1v) is 9.77. The van der Waals surface area contributed by atoms with E-state index in [1.165, 1.54) is 11.3 Å². The van der Waals surface area contributed by atoms with E-state index in [1.807, 2.05) is 67.8 Å². The fourth-order valence-electron chi connectivity index (χ4n) is 2.44. The molecule has 0 bridgehead atoms. The molecular weight excluding hydrogens is 372 g/mol. The predicted octanol–water partition coefficient (Wildman–Crippen LogP) is 4.95. The molecule has 7 heteroatoms. The fraction of sp³-hybridized carbons (Fsp3) is 0.190. The Balaban J connectivity index is 1.72. The van der Waals surface area contributed by atoms with Crippen LogP contribution in [0, 0.1) is 11.3 Å². The summed E-state index contributed by atoms with van der Waals surface area (Å²) in [6, 6.07) is 17.2. The van der Waals surface area contributed by atoms with Gasteiger partial charge in [0.15, 0.2) is 10.7 Å². The molecule has 1 aromatic heterocycles. The van der Waals surface area contributed by atoms with Crippen LogP contribution in [-0.2, 0) is 0 Å². The highest BCUT2D eigenvalue weighted by atomic mass is 32.1. The van der Waals surface area contributed by atoms with Gasteiger partial charge >= 0.3 is 0 Å². The van der Waals surface area contributed by atoms with Crippen molar-refractivity contribution in [2.45, 2.75) is 13.8 Å². The summed E-state index contributed by atoms with van der Waals surface area (Å²) in [7, 11) is 0. The molecule has 3 rings (SSSR count). The van der Waals surface area contributed by atoms with Crippen molar-refractivity contribution in [3.63, 3.8) is 0 Å². The van der Waals surface area contributed by atoms with Crippen LogP contribution in [0.1, 0.15) is 18.9 Å². The zero-order chi connectivity index (χ0) is 19.8. The minimum atomic E-state index is 0.232. The van der Waals surface area contributed by atoms with Gasteiger partial charge in [-0.3, -0.25) is 5.43 Å². The second kappa shape index (κ2) is 9.53. The number of aromatic nitrogens is 1. The zero-order valence-corrected chi connectivity index (χ0v) is 16.5. The van der Waals surface area contributed by atoms with E-state index in [-0.39, 0.29) is 5.71 Å². The summed E-state index contributed by atoms with van der Waals surface area (Å²) >= 11 is 1.38. The van der Waals surface area contributed by atoms with Crippen LogP contribution in [0.3, 0.4) is 0 Å². The molecule has 1 heterocycles. The van der Waals surface area contributed by atoms with Crippen LogP contribution in [0.15, 0.2) is 59.0 Å². The molecule has 2 aromatic carbocycles. The van der Waals surface area contributed by atoms with E-state index in [2.05, 4.69) is 21.6 Å². The van der Waals surface area contributed by atoms with Gasteiger partial charge in [-0.15, -0.1) is 11.3 Å². The molecule has 0 unspecified atom stereocenters. The number of ether oxygens (including phenoxy) is 2. The highest BCUT2D eigenvalue weighted by molar-refractivity contribution is 7.12. The molecule has 3 aromatic rings. The van der Waals surface area contributed by atoms with E-state index in [0.29, 0.717) is 18.2 Å². The lowest BCUT2D eigenvalue weighted by Crippen LogP contribution is -2.01. The average Bonchev–Trinajstić information content (AvgIpc) is 3.21. The Morgan fingerprint density at radius 1 is 1.04 bits per heavy atom. The SMILES string of the molecule is CCOc1ccc(NN=C(C#N)c2nc(-c3ccc(OCC)cc3)cs2)cc1. The first-order chi connectivity index (χ1) is 13.7. The van der Waals surface area contributed by atoms with Crippen molar-refractivity contribution >= 4 is 22.7 Å². The Bertz CT molecular complexity index is 973. The Morgan fingerprint density at radius 3 is 2.21 bits per heavy atom. The number of thiazole rings is 1. The number of benzene rings is 2. The molecule has 0 fully saturated rings. The number of rotatable bonds is 8. The standard InChI is InChI=1S/C21H20N4O2S/c1-3-26-17-9-5-15(6-10-17)20-14-28-21(23-20)19(13-22)25-24-16-7-11-18(12-8-16)27-4-2/h5-12,14,24H,3-4H2,1-2H3. The third-order valence-electron chi connectivity index (χ3n) is 3.74. The number of nitriles is 1. The predicted molar refractivity (Wildman–Crippen MR) is 112 cm³/mol. The number of hydrazone groups is 1. The molecule has 142 valence electrons. The highest BCUT2D eigenvalue weighted by Gasteiger charge is 2.11. The lowest BCUT2D eigenvalue weighted by molar-refractivity contribution is 0.340. The van der Waals surface area contributed by atoms with Gasteiger partial charge in [-0.25, -0.2) is 4.98 Å². The topological polar surface area (TPSA) is 79.5 Å². The summed E-state index contributed by atoms with van der Waals surface area (Å²) in [5, 5.41) is 16.1. The Kier molecular flexibility index (Phi) is 6.60. The van der Waals surface area contributed by atoms with Gasteiger partial charge in [0.25, 0.3) is 0 Å². The number of nitrogens with one attached hydrogen (secondary N) is 1. The first-order valence-electron chi connectivity index (χ1n) is 8.89. The number of hydrogen-bond acceptors (Lipinski definition) is 7. The summed E-state index contributed by atoms with van der Waals surface area (Å²) in [5.41, 5.74) is 5.65. The van der Waals surface area contributed by atoms with Crippen molar-refractivity contribution in [2.75, 3.05) is 18.6 Å². The average molecular weight is 392 g/mol. The van der Waals surface area contributed by atoms with Crippen molar-refractivity contribution in [2.24, 2.45) is 5.10 Å². The molecule has 0 aliphatic carbocycles. The maximum atomic E-state index is 9.46. The van der Waals surface area contributed by atoms with Crippen LogP contribution in [0.2, 0.25) is 0 Å². The highest BCUT2D eigenvalue weighted by Crippen LogP contribution is 2.25. The summed E-state index contributed by atoms with van der Waals surface area (Å²) in [4.78, 5) is 4.54. The van der Waals surface area contributed by atoms with Crippen LogP contribution in [0.25, 0.3) is 11.3 Å². The Hall–Kier alpha value is -3.37. The smallest absolute Gasteiger partial charge is 0.196 e. The van der Waals surface area contributed by atoms with Crippen molar-refractivity contribution in [1.29, 1.82) is 5.26 Å². The van der Waals surface area contributed by atoms with Gasteiger partial charge in [-0.1, -0.05) is 0 Å². The molecule has 0 saturated heterocycles. The first kappa shape index (κ1) is 19.4. The maximum Gasteiger partial charge on any atom is 0.196 e. The van der Waals surface area contributed by atoms with Crippen LogP contribution in [-0.4, -0.2) is 23.9 Å². The van der Waals surface area contributed by atoms with Crippen LogP contribution >= 0.6 is 11.3 Å². The quantitative estimate of drug-likeness (QED) is 0.433. The fourth-order valence-corrected chi connectivity index (χ4v) is 3.20. The molecule has 0 saturated carbocycles. The summed E-state index contributed by atoms with van der Waals surface area (Å²) in [5.74, 6) is 1.61. The van der Waals surface area contributed by atoms with E-state index >= 15 is 0 Å². The van der Waals surface area contributed by atoms with E-state index in [4.69, 9.17) is 9.47 Å². The normalized spacial score (nSPS) is 11.0. The van der Waals surface area contributed by atoms with E-state index < -0.39 is 0 Å². The molecule has 28 heavy (non-hydrogen) atoms. The summed E-state index contributed by atoms with van der Waals surface area (Å²) < 4.78 is 10.9. The molecule has 0 amide bonds. The minimum Gasteiger partial charge on any atom is -0.494 e. The van der Waals surface area contributed by atoms with Crippen molar-refractivity contribution in [3.8, 4) is 28.8 Å². The van der Waals surface area contributed by atoms with Crippen LogP contribution < -0.4 is 14.9 Å². The summed E-state index contributed by atoms with van der Waals surface area (Å²) in [6.45, 7) is 5.13. The van der Waals surface area contributed by atoms with Gasteiger partial charge in [0.2, 0.25) is 0 Å². The van der Waals surface area contributed by atoms with Crippen LogP contribution in [0.4, 0.5) is 5.69 Å². The Labute approximate surface area is 168 Å². The van der Waals surface area contributed by atoms with Crippen molar-refractivity contribution < 1.29 is 9.47 Å². The minimum absolute atomic E-state index is 0.232. The molecule has 6 nitrogen and oxygen atoms in total. The molecule has 0 aliphatic rings. The lowest BCUT2D eigenvalue weighted by atomic mass is 10.2. The van der Waals surface area contributed by atoms with E-state index in [0.717, 1.165) is 28.4 Å². The second-order valence-corrected chi connectivity index (χ2v) is 6.49. The summed E-state index contributed by atoms with van der Waals surface area (Å²) in [6.07, 6.45) is 0. The maximum absolute atomic E-state index is 9.46. The van der Waals surface area contributed by atoms with Gasteiger partial charge in [0.05, 0.1) is 24.6 Å². The molecular formula is C21H20N4O2S. The van der Waals surface area contributed by atoms with E-state index in [1.54, 1.807) is 0 Å². The van der Waals surface area contributed by atoms with Gasteiger partial charge in [0.1, 0.15) is 17.6 Å². The Morgan fingerprint density at radius 2 is 1.64 bits per heavy atom. The van der Waals surface area contributed by atoms with Crippen LogP contribution in [0.5, 0.6) is 11.5 Å². The molecule has 1 N–H and O–H groups in total. The van der Waals surface area contributed by atoms with Gasteiger partial charge in [-0.2, -0.15) is 10.4 Å². The molecule has 0 aliphatic heterocycles. The third kappa shape index (κ3) is 4.87. The second-order valence-electron chi connectivity index (χ2n) is 5.64. The number of hydrogen-bond donors (Lipinski definition) is 1. The zero-order valence-electron chi connectivity index (χ0n) is 15.7. The molecule has 0 atom stereocenters. The third-order valence-corrected chi connectivity index (χ3v) is 4.58.